The smallest absolute Gasteiger partial charge is 0.354 e. The second-order valence-corrected chi connectivity index (χ2v) is 4.09. The Labute approximate surface area is 119 Å². The molecule has 0 fully saturated rings. The molecule has 110 valence electrons. The van der Waals surface area contributed by atoms with Gasteiger partial charge in [0.25, 0.3) is 0 Å². The first-order valence-corrected chi connectivity index (χ1v) is 6.06. The first-order valence-electron chi connectivity index (χ1n) is 6.06. The molecule has 2 aromatic rings. The van der Waals surface area contributed by atoms with Crippen LogP contribution in [0.15, 0.2) is 30.6 Å². The maximum atomic E-state index is 13.5. The number of nitrogens with one attached hydrogen (secondary N) is 2. The number of nitrogen functional groups attached to an aromatic ring is 1. The molecule has 9 heteroatoms. The summed E-state index contributed by atoms with van der Waals surface area (Å²) in [4.78, 5) is 17.9. The zero-order chi connectivity index (χ0) is 15.2. The molecule has 0 amide bonds. The Morgan fingerprint density at radius 1 is 1.29 bits per heavy atom. The van der Waals surface area contributed by atoms with Crippen LogP contribution in [0.1, 0.15) is 5.56 Å². The van der Waals surface area contributed by atoms with Crippen LogP contribution in [-0.4, -0.2) is 21.4 Å². The predicted molar refractivity (Wildman–Crippen MR) is 75.1 cm³/mol. The van der Waals surface area contributed by atoms with E-state index in [4.69, 9.17) is 5.84 Å². The van der Waals surface area contributed by atoms with E-state index in [1.807, 2.05) is 0 Å². The molecule has 0 spiro atoms. The molecule has 21 heavy (non-hydrogen) atoms. The fraction of sp³-hybridized carbons (Fsp3) is 0.167. The van der Waals surface area contributed by atoms with Crippen molar-refractivity contribution < 1.29 is 9.31 Å². The van der Waals surface area contributed by atoms with Crippen LogP contribution in [0.2, 0.25) is 0 Å². The SMILES string of the molecule is NNc1ncnc(NCCc2ccccc2F)c1[N+](=O)[O-]. The molecule has 1 aromatic heterocycles. The number of benzene rings is 1. The largest absolute Gasteiger partial charge is 0.364 e. The van der Waals surface area contributed by atoms with Gasteiger partial charge in [-0.2, -0.15) is 0 Å². The Kier molecular flexibility index (Phi) is 4.57. The summed E-state index contributed by atoms with van der Waals surface area (Å²) in [6, 6.07) is 6.33. The highest BCUT2D eigenvalue weighted by Crippen LogP contribution is 2.27. The lowest BCUT2D eigenvalue weighted by atomic mass is 10.1. The van der Waals surface area contributed by atoms with Crippen LogP contribution >= 0.6 is 0 Å². The molecule has 0 saturated carbocycles. The number of anilines is 2. The van der Waals surface area contributed by atoms with Crippen molar-refractivity contribution in [1.29, 1.82) is 0 Å². The Morgan fingerprint density at radius 3 is 2.67 bits per heavy atom. The molecule has 0 aliphatic carbocycles. The Bertz CT molecular complexity index is 651. The standard InChI is InChI=1S/C12H13FN6O2/c13-9-4-2-1-3-8(9)5-6-15-11-10(19(20)21)12(18-14)17-7-16-11/h1-4,7H,5-6,14H2,(H2,15,16,17,18). The van der Waals surface area contributed by atoms with Gasteiger partial charge in [0.1, 0.15) is 12.1 Å². The van der Waals surface area contributed by atoms with Crippen LogP contribution in [0.25, 0.3) is 0 Å². The van der Waals surface area contributed by atoms with E-state index in [0.29, 0.717) is 12.0 Å². The Hall–Kier alpha value is -2.81. The van der Waals surface area contributed by atoms with Crippen molar-refractivity contribution in [2.45, 2.75) is 6.42 Å². The van der Waals surface area contributed by atoms with Crippen molar-refractivity contribution in [1.82, 2.24) is 9.97 Å². The molecule has 0 unspecified atom stereocenters. The number of nitrogens with zero attached hydrogens (tertiary/aromatic N) is 3. The van der Waals surface area contributed by atoms with Crippen molar-refractivity contribution in [3.8, 4) is 0 Å². The normalized spacial score (nSPS) is 10.2. The molecule has 0 aliphatic heterocycles. The number of rotatable bonds is 6. The summed E-state index contributed by atoms with van der Waals surface area (Å²) in [5.41, 5.74) is 2.30. The summed E-state index contributed by atoms with van der Waals surface area (Å²) in [5, 5.41) is 13.8. The fourth-order valence-electron chi connectivity index (χ4n) is 1.80. The number of halogens is 1. The minimum atomic E-state index is -0.638. The van der Waals surface area contributed by atoms with Crippen LogP contribution in [-0.2, 0) is 6.42 Å². The Morgan fingerprint density at radius 2 is 2.00 bits per heavy atom. The molecule has 0 atom stereocenters. The summed E-state index contributed by atoms with van der Waals surface area (Å²) < 4.78 is 13.5. The second-order valence-electron chi connectivity index (χ2n) is 4.09. The van der Waals surface area contributed by atoms with Crippen molar-refractivity contribution >= 4 is 17.3 Å². The predicted octanol–water partition coefficient (Wildman–Crippen LogP) is 1.46. The molecule has 8 nitrogen and oxygen atoms in total. The highest BCUT2D eigenvalue weighted by Gasteiger charge is 2.22. The number of nitro groups is 1. The van der Waals surface area contributed by atoms with Crippen molar-refractivity contribution in [3.63, 3.8) is 0 Å². The fourth-order valence-corrected chi connectivity index (χ4v) is 1.80. The molecule has 1 aromatic carbocycles. The van der Waals surface area contributed by atoms with Crippen LogP contribution in [0.5, 0.6) is 0 Å². The van der Waals surface area contributed by atoms with E-state index in [-0.39, 0.29) is 29.7 Å². The lowest BCUT2D eigenvalue weighted by Gasteiger charge is -2.08. The summed E-state index contributed by atoms with van der Waals surface area (Å²) >= 11 is 0. The molecule has 4 N–H and O–H groups in total. The second kappa shape index (κ2) is 6.57. The van der Waals surface area contributed by atoms with E-state index in [1.165, 1.54) is 6.07 Å². The van der Waals surface area contributed by atoms with E-state index >= 15 is 0 Å². The van der Waals surface area contributed by atoms with E-state index in [0.717, 1.165) is 6.33 Å². The first kappa shape index (κ1) is 14.6. The zero-order valence-electron chi connectivity index (χ0n) is 10.9. The molecule has 0 bridgehead atoms. The molecular formula is C12H13FN6O2. The number of hydrazine groups is 1. The average molecular weight is 292 g/mol. The van der Waals surface area contributed by atoms with Gasteiger partial charge in [0.2, 0.25) is 11.6 Å². The maximum Gasteiger partial charge on any atom is 0.354 e. The third-order valence-electron chi connectivity index (χ3n) is 2.79. The molecule has 0 radical (unpaired) electrons. The van der Waals surface area contributed by atoms with Gasteiger partial charge in [0.15, 0.2) is 0 Å². The third-order valence-corrected chi connectivity index (χ3v) is 2.79. The van der Waals surface area contributed by atoms with E-state index in [9.17, 15) is 14.5 Å². The summed E-state index contributed by atoms with van der Waals surface area (Å²) in [6.07, 6.45) is 1.51. The number of aromatic nitrogens is 2. The highest BCUT2D eigenvalue weighted by atomic mass is 19.1. The quantitative estimate of drug-likeness (QED) is 0.419. The minimum Gasteiger partial charge on any atom is -0.364 e. The maximum absolute atomic E-state index is 13.5. The molecular weight excluding hydrogens is 279 g/mol. The first-order chi connectivity index (χ1) is 10.1. The number of hydrogen-bond acceptors (Lipinski definition) is 7. The van der Waals surface area contributed by atoms with Gasteiger partial charge < -0.3 is 10.7 Å². The van der Waals surface area contributed by atoms with Crippen LogP contribution in [0, 0.1) is 15.9 Å². The summed E-state index contributed by atoms with van der Waals surface area (Å²) in [6.45, 7) is 0.281. The van der Waals surface area contributed by atoms with Gasteiger partial charge in [-0.1, -0.05) is 18.2 Å². The Balaban J connectivity index is 2.10. The molecule has 0 saturated heterocycles. The van der Waals surface area contributed by atoms with Crippen molar-refractivity contribution in [2.24, 2.45) is 5.84 Å². The van der Waals surface area contributed by atoms with Gasteiger partial charge in [0.05, 0.1) is 4.92 Å². The molecule has 0 aliphatic rings. The van der Waals surface area contributed by atoms with Gasteiger partial charge in [0, 0.05) is 6.54 Å². The summed E-state index contributed by atoms with van der Waals surface area (Å²) in [7, 11) is 0. The summed E-state index contributed by atoms with van der Waals surface area (Å²) in [5.74, 6) is 4.79. The van der Waals surface area contributed by atoms with Gasteiger partial charge in [-0.3, -0.25) is 10.1 Å². The lowest BCUT2D eigenvalue weighted by Crippen LogP contribution is -2.14. The highest BCUT2D eigenvalue weighted by molar-refractivity contribution is 5.68. The number of nitrogens with two attached hydrogens (primary N) is 1. The number of hydrogen-bond donors (Lipinski definition) is 3. The van der Waals surface area contributed by atoms with Crippen LogP contribution in [0.4, 0.5) is 21.7 Å². The molecule has 1 heterocycles. The van der Waals surface area contributed by atoms with Gasteiger partial charge in [-0.15, -0.1) is 0 Å². The van der Waals surface area contributed by atoms with Crippen molar-refractivity contribution in [3.05, 3.63) is 52.1 Å². The minimum absolute atomic E-state index is 0.0271. The van der Waals surface area contributed by atoms with Gasteiger partial charge in [-0.05, 0) is 18.1 Å². The van der Waals surface area contributed by atoms with Crippen LogP contribution in [0.3, 0.4) is 0 Å². The topological polar surface area (TPSA) is 119 Å². The average Bonchev–Trinajstić information content (AvgIpc) is 2.48. The lowest BCUT2D eigenvalue weighted by molar-refractivity contribution is -0.383. The van der Waals surface area contributed by atoms with Crippen molar-refractivity contribution in [2.75, 3.05) is 17.3 Å². The van der Waals surface area contributed by atoms with E-state index in [1.54, 1.807) is 18.2 Å². The van der Waals surface area contributed by atoms with Gasteiger partial charge in [-0.25, -0.2) is 20.2 Å². The zero-order valence-corrected chi connectivity index (χ0v) is 10.9. The van der Waals surface area contributed by atoms with E-state index in [2.05, 4.69) is 20.7 Å². The van der Waals surface area contributed by atoms with Gasteiger partial charge >= 0.3 is 5.69 Å². The third kappa shape index (κ3) is 3.39. The van der Waals surface area contributed by atoms with Crippen LogP contribution < -0.4 is 16.6 Å². The monoisotopic (exact) mass is 292 g/mol. The molecule has 2 rings (SSSR count). The van der Waals surface area contributed by atoms with E-state index < -0.39 is 4.92 Å².